The van der Waals surface area contributed by atoms with Gasteiger partial charge in [-0.1, -0.05) is 54.6 Å². The van der Waals surface area contributed by atoms with Gasteiger partial charge in [-0.05, 0) is 23.6 Å². The first kappa shape index (κ1) is 34.5. The second kappa shape index (κ2) is 16.1. The van der Waals surface area contributed by atoms with Crippen molar-refractivity contribution < 1.29 is 52.5 Å². The largest absolute Gasteiger partial charge is 0.462 e. The van der Waals surface area contributed by atoms with Crippen molar-refractivity contribution in [1.29, 1.82) is 0 Å². The number of carbonyl (C=O) groups excluding carboxylic acids is 6. The van der Waals surface area contributed by atoms with Crippen molar-refractivity contribution in [2.75, 3.05) is 18.5 Å². The summed E-state index contributed by atoms with van der Waals surface area (Å²) in [5.41, 5.74) is 3.15. The van der Waals surface area contributed by atoms with Crippen LogP contribution in [0.4, 0.5) is 5.00 Å². The van der Waals surface area contributed by atoms with Crippen molar-refractivity contribution in [3.05, 3.63) is 65.5 Å². The lowest BCUT2D eigenvalue weighted by Crippen LogP contribution is -2.52. The number of thiophene rings is 1. The maximum absolute atomic E-state index is 13.7. The van der Waals surface area contributed by atoms with E-state index in [0.29, 0.717) is 11.1 Å². The molecule has 238 valence electrons. The van der Waals surface area contributed by atoms with Crippen molar-refractivity contribution >= 4 is 52.1 Å². The van der Waals surface area contributed by atoms with E-state index < -0.39 is 60.7 Å². The van der Waals surface area contributed by atoms with E-state index in [9.17, 15) is 28.8 Å². The molecular formula is C32H33NO11S. The summed E-state index contributed by atoms with van der Waals surface area (Å²) in [6, 6.07) is 17.2. The number of ether oxygens (including phenoxy) is 5. The number of rotatable bonds is 13. The molecule has 13 heteroatoms. The van der Waals surface area contributed by atoms with Crippen LogP contribution in [0.2, 0.25) is 0 Å². The Hall–Kier alpha value is -5.04. The van der Waals surface area contributed by atoms with E-state index in [2.05, 4.69) is 5.32 Å². The normalized spacial score (nSPS) is 12.6. The molecule has 0 unspecified atom stereocenters. The van der Waals surface area contributed by atoms with E-state index in [1.165, 1.54) is 0 Å². The van der Waals surface area contributed by atoms with Gasteiger partial charge in [0.25, 0.3) is 5.91 Å². The summed E-state index contributed by atoms with van der Waals surface area (Å²) in [4.78, 5) is 74.3. The standard InChI is InChI=1S/C32H33NO11S/c1-6-40-32(39)27-25(24-14-12-23(13-15-24)22-10-8-7-9-11-22)17-45-31(27)33-30(38)29(44-21(5)37)28(43-20(4)36)26(42-19(3)35)16-41-18(2)34/h7-15,17,26,28-29H,6,16H2,1-5H3,(H,33,38)/t26-,28-,29+/m1/s1. The van der Waals surface area contributed by atoms with Gasteiger partial charge in [-0.15, -0.1) is 11.3 Å². The maximum Gasteiger partial charge on any atom is 0.341 e. The molecule has 0 saturated carbocycles. The highest BCUT2D eigenvalue weighted by atomic mass is 32.1. The maximum atomic E-state index is 13.7. The fourth-order valence-corrected chi connectivity index (χ4v) is 5.27. The smallest absolute Gasteiger partial charge is 0.341 e. The molecule has 1 aromatic heterocycles. The van der Waals surface area contributed by atoms with Crippen LogP contribution in [0.15, 0.2) is 60.0 Å². The van der Waals surface area contributed by atoms with Crippen LogP contribution < -0.4 is 5.32 Å². The molecule has 3 aromatic rings. The minimum atomic E-state index is -1.89. The lowest BCUT2D eigenvalue weighted by Gasteiger charge is -2.30. The quantitative estimate of drug-likeness (QED) is 0.206. The van der Waals surface area contributed by atoms with Crippen LogP contribution in [-0.2, 0) is 47.7 Å². The van der Waals surface area contributed by atoms with Crippen LogP contribution in [-0.4, -0.2) is 67.3 Å². The van der Waals surface area contributed by atoms with E-state index in [-0.39, 0.29) is 17.2 Å². The van der Waals surface area contributed by atoms with Crippen molar-refractivity contribution in [3.8, 4) is 22.3 Å². The summed E-state index contributed by atoms with van der Waals surface area (Å²) in [6.07, 6.45) is -5.15. The third kappa shape index (κ3) is 9.73. The van der Waals surface area contributed by atoms with Gasteiger partial charge in [0.2, 0.25) is 6.10 Å². The molecule has 0 radical (unpaired) electrons. The molecule has 45 heavy (non-hydrogen) atoms. The highest BCUT2D eigenvalue weighted by Gasteiger charge is 2.43. The summed E-state index contributed by atoms with van der Waals surface area (Å²) in [6.45, 7) is 5.27. The molecule has 1 N–H and O–H groups in total. The van der Waals surface area contributed by atoms with Gasteiger partial charge in [-0.25, -0.2) is 4.79 Å². The highest BCUT2D eigenvalue weighted by molar-refractivity contribution is 7.15. The fraction of sp³-hybridized carbons (Fsp3) is 0.312. The van der Waals surface area contributed by atoms with Gasteiger partial charge < -0.3 is 29.0 Å². The Morgan fingerprint density at radius 3 is 1.84 bits per heavy atom. The Kier molecular flexibility index (Phi) is 12.4. The Bertz CT molecular complexity index is 1530. The molecule has 1 heterocycles. The number of esters is 5. The van der Waals surface area contributed by atoms with Crippen LogP contribution in [0.3, 0.4) is 0 Å². The van der Waals surface area contributed by atoms with Gasteiger partial charge in [-0.2, -0.15) is 0 Å². The minimum absolute atomic E-state index is 0.0460. The molecule has 0 spiro atoms. The second-order valence-electron chi connectivity index (χ2n) is 9.56. The minimum Gasteiger partial charge on any atom is -0.462 e. The summed E-state index contributed by atoms with van der Waals surface area (Å²) in [7, 11) is 0. The molecule has 0 saturated heterocycles. The molecule has 0 fully saturated rings. The summed E-state index contributed by atoms with van der Waals surface area (Å²) < 4.78 is 25.9. The first-order chi connectivity index (χ1) is 21.4. The zero-order valence-electron chi connectivity index (χ0n) is 25.3. The molecule has 0 aliphatic heterocycles. The van der Waals surface area contributed by atoms with Gasteiger partial charge in [0, 0.05) is 38.6 Å². The monoisotopic (exact) mass is 639 g/mol. The Labute approximate surface area is 263 Å². The van der Waals surface area contributed by atoms with Crippen molar-refractivity contribution in [2.24, 2.45) is 0 Å². The van der Waals surface area contributed by atoms with Gasteiger partial charge >= 0.3 is 29.8 Å². The number of amides is 1. The number of anilines is 1. The average Bonchev–Trinajstić information content (AvgIpc) is 3.40. The highest BCUT2D eigenvalue weighted by Crippen LogP contribution is 2.37. The SMILES string of the molecule is CCOC(=O)c1c(-c2ccc(-c3ccccc3)cc2)csc1NC(=O)[C@@H](OC(C)=O)[C@H](OC(C)=O)[C@@H](COC(C)=O)OC(C)=O. The van der Waals surface area contributed by atoms with Crippen LogP contribution in [0.5, 0.6) is 0 Å². The van der Waals surface area contributed by atoms with Crippen LogP contribution >= 0.6 is 11.3 Å². The van der Waals surface area contributed by atoms with Gasteiger partial charge in [0.05, 0.1) is 6.61 Å². The number of benzene rings is 2. The molecule has 3 rings (SSSR count). The van der Waals surface area contributed by atoms with E-state index >= 15 is 0 Å². The van der Waals surface area contributed by atoms with E-state index in [4.69, 9.17) is 23.7 Å². The van der Waals surface area contributed by atoms with Crippen molar-refractivity contribution in [3.63, 3.8) is 0 Å². The first-order valence-corrected chi connectivity index (χ1v) is 14.7. The molecule has 0 aliphatic carbocycles. The number of carbonyl (C=O) groups is 6. The molecule has 12 nitrogen and oxygen atoms in total. The van der Waals surface area contributed by atoms with Crippen LogP contribution in [0.1, 0.15) is 45.0 Å². The molecule has 0 bridgehead atoms. The zero-order valence-corrected chi connectivity index (χ0v) is 26.1. The fourth-order valence-electron chi connectivity index (χ4n) is 4.31. The molecular weight excluding hydrogens is 606 g/mol. The van der Waals surface area contributed by atoms with E-state index in [0.717, 1.165) is 50.2 Å². The lowest BCUT2D eigenvalue weighted by atomic mass is 9.99. The molecule has 3 atom stereocenters. The molecule has 2 aromatic carbocycles. The predicted octanol–water partition coefficient (Wildman–Crippen LogP) is 4.56. The van der Waals surface area contributed by atoms with Gasteiger partial charge in [0.15, 0.2) is 12.2 Å². The second-order valence-corrected chi connectivity index (χ2v) is 10.4. The summed E-state index contributed by atoms with van der Waals surface area (Å²) in [5, 5.41) is 4.29. The van der Waals surface area contributed by atoms with E-state index in [1.54, 1.807) is 12.3 Å². The van der Waals surface area contributed by atoms with Gasteiger partial charge in [-0.3, -0.25) is 24.0 Å². The number of hydrogen-bond acceptors (Lipinski definition) is 12. The van der Waals surface area contributed by atoms with E-state index in [1.807, 2.05) is 54.6 Å². The first-order valence-electron chi connectivity index (χ1n) is 13.8. The lowest BCUT2D eigenvalue weighted by molar-refractivity contribution is -0.190. The van der Waals surface area contributed by atoms with Crippen LogP contribution in [0.25, 0.3) is 22.3 Å². The van der Waals surface area contributed by atoms with Crippen LogP contribution in [0, 0.1) is 0 Å². The zero-order chi connectivity index (χ0) is 33.1. The summed E-state index contributed by atoms with van der Waals surface area (Å²) in [5.74, 6) is -5.17. The molecule has 1 amide bonds. The number of nitrogens with one attached hydrogen (secondary N) is 1. The average molecular weight is 640 g/mol. The topological polar surface area (TPSA) is 161 Å². The van der Waals surface area contributed by atoms with Crippen molar-refractivity contribution in [1.82, 2.24) is 0 Å². The predicted molar refractivity (Wildman–Crippen MR) is 163 cm³/mol. The Morgan fingerprint density at radius 1 is 0.711 bits per heavy atom. The van der Waals surface area contributed by atoms with Gasteiger partial charge in [0.1, 0.15) is 17.2 Å². The van der Waals surface area contributed by atoms with Crippen molar-refractivity contribution in [2.45, 2.75) is 52.9 Å². The third-order valence-electron chi connectivity index (χ3n) is 6.10. The Morgan fingerprint density at radius 2 is 1.29 bits per heavy atom. The molecule has 0 aliphatic rings. The Balaban J connectivity index is 2.02. The summed E-state index contributed by atoms with van der Waals surface area (Å²) >= 11 is 1.01. The third-order valence-corrected chi connectivity index (χ3v) is 6.99. The number of hydrogen-bond donors (Lipinski definition) is 1.